The van der Waals surface area contributed by atoms with E-state index in [2.05, 4.69) is 21.9 Å². The molecule has 1 atom stereocenters. The number of primary amides is 1. The van der Waals surface area contributed by atoms with Gasteiger partial charge in [-0.05, 0) is 37.9 Å². The molecule has 5 heteroatoms. The lowest BCUT2D eigenvalue weighted by molar-refractivity contribution is 0.100. The summed E-state index contributed by atoms with van der Waals surface area (Å²) < 4.78 is 0. The molecule has 0 spiro atoms. The summed E-state index contributed by atoms with van der Waals surface area (Å²) in [5.74, 6) is -0.478. The van der Waals surface area contributed by atoms with Crippen molar-refractivity contribution >= 4 is 23.2 Å². The molecule has 0 saturated heterocycles. The van der Waals surface area contributed by atoms with Crippen molar-refractivity contribution in [2.45, 2.75) is 6.04 Å². The van der Waals surface area contributed by atoms with E-state index in [0.29, 0.717) is 10.6 Å². The molecule has 0 aliphatic carbocycles. The number of rotatable bonds is 6. The molecule has 0 aliphatic heterocycles. The Labute approximate surface area is 142 Å². The second kappa shape index (κ2) is 7.49. The average Bonchev–Trinajstić information content (AvgIpc) is 2.52. The highest BCUT2D eigenvalue weighted by molar-refractivity contribution is 6.33. The van der Waals surface area contributed by atoms with Crippen molar-refractivity contribution in [2.24, 2.45) is 5.73 Å². The van der Waals surface area contributed by atoms with Gasteiger partial charge in [0.25, 0.3) is 0 Å². The summed E-state index contributed by atoms with van der Waals surface area (Å²) in [5, 5.41) is 0.517. The van der Waals surface area contributed by atoms with Crippen molar-refractivity contribution in [1.82, 2.24) is 4.90 Å². The summed E-state index contributed by atoms with van der Waals surface area (Å²) in [6, 6.07) is 15.6. The third kappa shape index (κ3) is 4.24. The summed E-state index contributed by atoms with van der Waals surface area (Å²) in [5.41, 5.74) is 7.80. The highest BCUT2D eigenvalue weighted by Gasteiger charge is 2.20. The SMILES string of the molecule is CN(C)CC(c1ccccc1)N(C)c1ccc(C(N)=O)cc1Cl. The lowest BCUT2D eigenvalue weighted by atomic mass is 10.0. The van der Waals surface area contributed by atoms with Crippen molar-refractivity contribution < 1.29 is 4.79 Å². The second-order valence-electron chi connectivity index (χ2n) is 5.83. The van der Waals surface area contributed by atoms with E-state index in [0.717, 1.165) is 12.2 Å². The van der Waals surface area contributed by atoms with Crippen LogP contribution in [0.4, 0.5) is 5.69 Å². The minimum Gasteiger partial charge on any atom is -0.366 e. The van der Waals surface area contributed by atoms with Crippen LogP contribution in [-0.2, 0) is 0 Å². The van der Waals surface area contributed by atoms with Gasteiger partial charge in [0, 0.05) is 19.2 Å². The number of halogens is 1. The maximum absolute atomic E-state index is 11.3. The number of carbonyl (C=O) groups is 1. The monoisotopic (exact) mass is 331 g/mol. The zero-order valence-corrected chi connectivity index (χ0v) is 14.4. The summed E-state index contributed by atoms with van der Waals surface area (Å²) in [4.78, 5) is 15.5. The molecule has 2 aromatic carbocycles. The predicted molar refractivity (Wildman–Crippen MR) is 96.1 cm³/mol. The molecule has 0 radical (unpaired) electrons. The Morgan fingerprint density at radius 1 is 1.13 bits per heavy atom. The molecular formula is C18H22ClN3O. The van der Waals surface area contributed by atoms with Crippen LogP contribution >= 0.6 is 11.6 Å². The van der Waals surface area contributed by atoms with E-state index in [4.69, 9.17) is 17.3 Å². The van der Waals surface area contributed by atoms with E-state index in [-0.39, 0.29) is 6.04 Å². The zero-order chi connectivity index (χ0) is 17.0. The molecule has 0 heterocycles. The first-order valence-electron chi connectivity index (χ1n) is 7.42. The predicted octanol–water partition coefficient (Wildman–Crippen LogP) is 3.18. The number of hydrogen-bond acceptors (Lipinski definition) is 3. The molecule has 0 aliphatic rings. The third-order valence-electron chi connectivity index (χ3n) is 3.80. The van der Waals surface area contributed by atoms with E-state index in [9.17, 15) is 4.79 Å². The van der Waals surface area contributed by atoms with E-state index in [1.54, 1.807) is 12.1 Å². The minimum atomic E-state index is -0.478. The lowest BCUT2D eigenvalue weighted by Gasteiger charge is -2.33. The zero-order valence-electron chi connectivity index (χ0n) is 13.7. The van der Waals surface area contributed by atoms with Gasteiger partial charge < -0.3 is 15.5 Å². The molecule has 0 aromatic heterocycles. The molecule has 0 fully saturated rings. The van der Waals surface area contributed by atoms with Crippen LogP contribution in [0.2, 0.25) is 5.02 Å². The fourth-order valence-corrected chi connectivity index (χ4v) is 2.90. The minimum absolute atomic E-state index is 0.142. The molecule has 0 saturated carbocycles. The average molecular weight is 332 g/mol. The van der Waals surface area contributed by atoms with Gasteiger partial charge in [0.15, 0.2) is 0 Å². The van der Waals surface area contributed by atoms with Gasteiger partial charge in [-0.2, -0.15) is 0 Å². The number of amides is 1. The molecule has 23 heavy (non-hydrogen) atoms. The first-order valence-corrected chi connectivity index (χ1v) is 7.80. The first kappa shape index (κ1) is 17.3. The Balaban J connectivity index is 2.37. The first-order chi connectivity index (χ1) is 10.9. The standard InChI is InChI=1S/C18H22ClN3O/c1-21(2)12-17(13-7-5-4-6-8-13)22(3)16-10-9-14(18(20)23)11-15(16)19/h4-11,17H,12H2,1-3H3,(H2,20,23). The van der Waals surface area contributed by atoms with Gasteiger partial charge in [0.1, 0.15) is 0 Å². The Morgan fingerprint density at radius 3 is 2.30 bits per heavy atom. The molecule has 4 nitrogen and oxygen atoms in total. The van der Waals surface area contributed by atoms with Crippen molar-refractivity contribution in [2.75, 3.05) is 32.6 Å². The normalized spacial score (nSPS) is 12.2. The lowest BCUT2D eigenvalue weighted by Crippen LogP contribution is -2.33. The van der Waals surface area contributed by atoms with Crippen LogP contribution in [0.1, 0.15) is 22.0 Å². The Morgan fingerprint density at radius 2 is 1.78 bits per heavy atom. The van der Waals surface area contributed by atoms with E-state index in [1.165, 1.54) is 5.56 Å². The third-order valence-corrected chi connectivity index (χ3v) is 4.10. The fourth-order valence-electron chi connectivity index (χ4n) is 2.59. The highest BCUT2D eigenvalue weighted by atomic mass is 35.5. The topological polar surface area (TPSA) is 49.6 Å². The highest BCUT2D eigenvalue weighted by Crippen LogP contribution is 2.32. The van der Waals surface area contributed by atoms with E-state index >= 15 is 0 Å². The maximum atomic E-state index is 11.3. The molecule has 2 aromatic rings. The molecule has 1 amide bonds. The quantitative estimate of drug-likeness (QED) is 0.884. The molecule has 0 bridgehead atoms. The van der Waals surface area contributed by atoms with Crippen molar-refractivity contribution in [3.05, 3.63) is 64.7 Å². The van der Waals surface area contributed by atoms with Gasteiger partial charge in [-0.15, -0.1) is 0 Å². The van der Waals surface area contributed by atoms with Crippen molar-refractivity contribution in [3.8, 4) is 0 Å². The Hall–Kier alpha value is -2.04. The number of hydrogen-bond donors (Lipinski definition) is 1. The number of nitrogens with zero attached hydrogens (tertiary/aromatic N) is 2. The Bertz CT molecular complexity index is 673. The van der Waals surface area contributed by atoms with Gasteiger partial charge in [-0.3, -0.25) is 4.79 Å². The van der Waals surface area contributed by atoms with Crippen LogP contribution in [0, 0.1) is 0 Å². The number of benzene rings is 2. The van der Waals surface area contributed by atoms with E-state index in [1.807, 2.05) is 45.4 Å². The van der Waals surface area contributed by atoms with Crippen LogP contribution < -0.4 is 10.6 Å². The maximum Gasteiger partial charge on any atom is 0.248 e. The summed E-state index contributed by atoms with van der Waals surface area (Å²) in [7, 11) is 6.09. The van der Waals surface area contributed by atoms with Gasteiger partial charge >= 0.3 is 0 Å². The smallest absolute Gasteiger partial charge is 0.248 e. The van der Waals surface area contributed by atoms with Gasteiger partial charge in [0.2, 0.25) is 5.91 Å². The second-order valence-corrected chi connectivity index (χ2v) is 6.24. The molecule has 2 rings (SSSR count). The molecular weight excluding hydrogens is 310 g/mol. The summed E-state index contributed by atoms with van der Waals surface area (Å²) in [6.07, 6.45) is 0. The number of carbonyl (C=O) groups excluding carboxylic acids is 1. The van der Waals surface area contributed by atoms with Crippen LogP contribution in [0.3, 0.4) is 0 Å². The number of likely N-dealkylation sites (N-methyl/N-ethyl adjacent to an activating group) is 2. The van der Waals surface area contributed by atoms with Gasteiger partial charge in [0.05, 0.1) is 16.8 Å². The Kier molecular flexibility index (Phi) is 5.64. The van der Waals surface area contributed by atoms with Crippen LogP contribution in [0.15, 0.2) is 48.5 Å². The molecule has 2 N–H and O–H groups in total. The summed E-state index contributed by atoms with van der Waals surface area (Å²) >= 11 is 6.37. The molecule has 122 valence electrons. The largest absolute Gasteiger partial charge is 0.366 e. The summed E-state index contributed by atoms with van der Waals surface area (Å²) in [6.45, 7) is 0.842. The van der Waals surface area contributed by atoms with Crippen LogP contribution in [0.25, 0.3) is 0 Å². The number of anilines is 1. The number of nitrogens with two attached hydrogens (primary N) is 1. The van der Waals surface area contributed by atoms with E-state index < -0.39 is 5.91 Å². The fraction of sp³-hybridized carbons (Fsp3) is 0.278. The van der Waals surface area contributed by atoms with Crippen molar-refractivity contribution in [3.63, 3.8) is 0 Å². The van der Waals surface area contributed by atoms with Crippen molar-refractivity contribution in [1.29, 1.82) is 0 Å². The van der Waals surface area contributed by atoms with Crippen LogP contribution in [-0.4, -0.2) is 38.5 Å². The molecule has 1 unspecified atom stereocenters. The van der Waals surface area contributed by atoms with Crippen LogP contribution in [0.5, 0.6) is 0 Å². The van der Waals surface area contributed by atoms with Gasteiger partial charge in [-0.1, -0.05) is 41.9 Å². The van der Waals surface area contributed by atoms with Gasteiger partial charge in [-0.25, -0.2) is 0 Å².